The van der Waals surface area contributed by atoms with Crippen LogP contribution in [0, 0.1) is 0 Å². The maximum atomic E-state index is 13.4. The molecule has 4 saturated heterocycles. The minimum atomic E-state index is -0.702. The molecule has 424 valence electrons. The van der Waals surface area contributed by atoms with E-state index in [0.29, 0.717) is 63.1 Å². The van der Waals surface area contributed by atoms with Crippen LogP contribution in [0.25, 0.3) is 21.5 Å². The zero-order valence-electron chi connectivity index (χ0n) is 46.4. The van der Waals surface area contributed by atoms with E-state index in [2.05, 4.69) is 66.6 Å². The number of alkyl halides is 1. The van der Waals surface area contributed by atoms with Gasteiger partial charge in [0.05, 0.1) is 35.0 Å². The van der Waals surface area contributed by atoms with Crippen LogP contribution in [0.1, 0.15) is 148 Å². The topological polar surface area (TPSA) is 236 Å². The van der Waals surface area contributed by atoms with Gasteiger partial charge in [-0.25, -0.2) is 9.59 Å². The molecule has 2 atom stereocenters. The van der Waals surface area contributed by atoms with Gasteiger partial charge in [0.1, 0.15) is 17.2 Å². The highest BCUT2D eigenvalue weighted by Gasteiger charge is 2.41. The van der Waals surface area contributed by atoms with E-state index in [4.69, 9.17) is 9.47 Å². The summed E-state index contributed by atoms with van der Waals surface area (Å²) in [6.07, 6.45) is 13.8. The smallest absolute Gasteiger partial charge is 0.410 e. The van der Waals surface area contributed by atoms with Crippen LogP contribution in [0.15, 0.2) is 85.5 Å². The molecule has 8 amide bonds. The van der Waals surface area contributed by atoms with Gasteiger partial charge in [-0.05, 0) is 137 Å². The predicted octanol–water partition coefficient (Wildman–Crippen LogP) is 8.92. The molecule has 8 heterocycles. The number of hydrogen-bond donors (Lipinski definition) is 3. The largest absolute Gasteiger partial charge is 0.444 e. The standard InChI is InChI=1S/C30H33N5O5.C25H28N4O3.C5H6BrNO2/c1-30(2,3)40-29(39)33-13-11-20(12-14-33)34-17-18(16-31-34)15-19-7-8-23-26-21(19)5-4-6-22(26)28(38)35(23)24-9-10-25(36)32-27(24)37;1-25(2,3)32-24(31)28-11-9-18(10-12-28)29-15-16(14-26-29)13-17-7-8-21-22-19(17)5-4-6-20(22)23(30)27-21;6-3-1-2-4(8)7-5(3)9/h4-8,16-17,20,24H,9-15H2,1-3H3,(H,32,36,37);4-8,14-15,18H,9-13H2,1-3H3,(H,27,30);3H,1-2H2,(H,7,8,9). The number of likely N-dealkylation sites (tertiary alicyclic amines) is 2. The highest BCUT2D eigenvalue weighted by Crippen LogP contribution is 2.42. The van der Waals surface area contributed by atoms with E-state index in [1.165, 1.54) is 5.56 Å². The monoisotopic (exact) mass is 1170 g/mol. The molecule has 4 fully saturated rings. The van der Waals surface area contributed by atoms with Crippen LogP contribution < -0.4 is 20.9 Å². The maximum absolute atomic E-state index is 13.4. The number of benzene rings is 4. The van der Waals surface area contributed by atoms with Gasteiger partial charge in [-0.1, -0.05) is 52.3 Å². The minimum Gasteiger partial charge on any atom is -0.444 e. The van der Waals surface area contributed by atoms with Crippen molar-refractivity contribution < 1.29 is 47.8 Å². The van der Waals surface area contributed by atoms with Crippen LogP contribution in [0.3, 0.4) is 0 Å². The Morgan fingerprint density at radius 2 is 1.09 bits per heavy atom. The normalized spacial score (nSPS) is 19.4. The first-order chi connectivity index (χ1) is 38.6. The number of halogens is 1. The van der Waals surface area contributed by atoms with Crippen molar-refractivity contribution in [1.82, 2.24) is 40.0 Å². The Morgan fingerprint density at radius 1 is 0.593 bits per heavy atom. The van der Waals surface area contributed by atoms with Gasteiger partial charge in [-0.15, -0.1) is 0 Å². The first kappa shape index (κ1) is 56.3. The second-order valence-corrected chi connectivity index (χ2v) is 24.5. The number of hydrogen-bond acceptors (Lipinski definition) is 12. The van der Waals surface area contributed by atoms with Gasteiger partial charge in [-0.2, -0.15) is 10.2 Å². The predicted molar refractivity (Wildman–Crippen MR) is 306 cm³/mol. The lowest BCUT2D eigenvalue weighted by molar-refractivity contribution is -0.135. The number of nitrogens with zero attached hydrogens (tertiary/aromatic N) is 7. The number of nitrogens with one attached hydrogen (secondary N) is 3. The molecule has 0 bridgehead atoms. The summed E-state index contributed by atoms with van der Waals surface area (Å²) < 4.78 is 15.0. The summed E-state index contributed by atoms with van der Waals surface area (Å²) in [6, 6.07) is 19.4. The summed E-state index contributed by atoms with van der Waals surface area (Å²) in [7, 11) is 0. The highest BCUT2D eigenvalue weighted by molar-refractivity contribution is 9.10. The fourth-order valence-electron chi connectivity index (χ4n) is 11.3. The van der Waals surface area contributed by atoms with E-state index in [9.17, 15) is 38.4 Å². The van der Waals surface area contributed by atoms with Crippen LogP contribution >= 0.6 is 15.9 Å². The Labute approximate surface area is 477 Å². The van der Waals surface area contributed by atoms with Crippen molar-refractivity contribution in [2.75, 3.05) is 36.4 Å². The second kappa shape index (κ2) is 22.9. The average Bonchev–Trinajstić information content (AvgIpc) is 3.20. The van der Waals surface area contributed by atoms with Crippen molar-refractivity contribution in [3.63, 3.8) is 0 Å². The molecule has 0 radical (unpaired) electrons. The number of piperidine rings is 4. The van der Waals surface area contributed by atoms with E-state index < -0.39 is 23.2 Å². The minimum absolute atomic E-state index is 0.0340. The van der Waals surface area contributed by atoms with Crippen molar-refractivity contribution in [2.24, 2.45) is 0 Å². The highest BCUT2D eigenvalue weighted by atomic mass is 79.9. The van der Waals surface area contributed by atoms with Crippen LogP contribution in [0.4, 0.5) is 21.0 Å². The molecule has 4 aromatic carbocycles. The molecule has 2 unspecified atom stereocenters. The summed E-state index contributed by atoms with van der Waals surface area (Å²) in [6.45, 7) is 13.9. The molecule has 20 nitrogen and oxygen atoms in total. The zero-order chi connectivity index (χ0) is 57.5. The molecule has 0 spiro atoms. The van der Waals surface area contributed by atoms with E-state index in [1.807, 2.05) is 106 Å². The van der Waals surface area contributed by atoms with Crippen LogP contribution in [-0.4, -0.2) is 125 Å². The number of anilines is 2. The molecule has 6 aliphatic rings. The SMILES string of the molecule is CC(C)(C)OC(=O)N1CCC(n2cc(Cc3ccc4c5c(cccc35)C(=O)N4)cn2)CC1.CC(C)(C)OC(=O)N1CCC(n2cc(Cc3ccc4c5c(cccc35)C(=O)N4C3CCC(=O)NC3=O)cn2)CC1.O=C1CCC(Br)C(=O)N1. The number of aromatic nitrogens is 4. The quantitative estimate of drug-likeness (QED) is 0.100. The van der Waals surface area contributed by atoms with Gasteiger partial charge in [0.15, 0.2) is 0 Å². The molecule has 6 aliphatic heterocycles. The fourth-order valence-corrected chi connectivity index (χ4v) is 11.6. The number of amides is 8. The van der Waals surface area contributed by atoms with E-state index >= 15 is 0 Å². The average molecular weight is 1170 g/mol. The third-order valence-corrected chi connectivity index (χ3v) is 16.1. The molecule has 0 saturated carbocycles. The molecule has 2 aromatic heterocycles. The Balaban J connectivity index is 0.000000160. The Kier molecular flexibility index (Phi) is 15.9. The van der Waals surface area contributed by atoms with Crippen molar-refractivity contribution >= 4 is 96.5 Å². The van der Waals surface area contributed by atoms with Crippen LogP contribution in [0.2, 0.25) is 0 Å². The molecule has 3 N–H and O–H groups in total. The van der Waals surface area contributed by atoms with Crippen molar-refractivity contribution in [1.29, 1.82) is 0 Å². The second-order valence-electron chi connectivity index (χ2n) is 23.4. The van der Waals surface area contributed by atoms with E-state index in [0.717, 1.165) is 81.6 Å². The maximum Gasteiger partial charge on any atom is 0.410 e. The molecule has 21 heteroatoms. The van der Waals surface area contributed by atoms with Crippen molar-refractivity contribution in [2.45, 2.75) is 140 Å². The molecule has 0 aliphatic carbocycles. The van der Waals surface area contributed by atoms with Gasteiger partial charge in [-0.3, -0.25) is 53.7 Å². The van der Waals surface area contributed by atoms with Gasteiger partial charge < -0.3 is 24.6 Å². The number of ether oxygens (including phenoxy) is 2. The number of carbonyl (C=O) groups is 8. The third-order valence-electron chi connectivity index (χ3n) is 15.2. The number of carbonyl (C=O) groups excluding carboxylic acids is 8. The van der Waals surface area contributed by atoms with Gasteiger partial charge in [0, 0.05) is 91.8 Å². The lowest BCUT2D eigenvalue weighted by atomic mass is 9.97. The Bertz CT molecular complexity index is 3490. The summed E-state index contributed by atoms with van der Waals surface area (Å²) >= 11 is 3.12. The van der Waals surface area contributed by atoms with Crippen molar-refractivity contribution in [3.05, 3.63) is 119 Å². The summed E-state index contributed by atoms with van der Waals surface area (Å²) in [5, 5.41) is 20.7. The summed E-state index contributed by atoms with van der Waals surface area (Å²) in [4.78, 5) is 101. The molecular formula is C60H67BrN10O10. The first-order valence-corrected chi connectivity index (χ1v) is 28.6. The lowest BCUT2D eigenvalue weighted by Gasteiger charge is -2.33. The zero-order valence-corrected chi connectivity index (χ0v) is 48.0. The number of rotatable bonds is 7. The first-order valence-electron chi connectivity index (χ1n) is 27.6. The fraction of sp³-hybridized carbons (Fsp3) is 0.433. The summed E-state index contributed by atoms with van der Waals surface area (Å²) in [5.74, 6) is -1.37. The summed E-state index contributed by atoms with van der Waals surface area (Å²) in [5.41, 5.74) is 6.37. The van der Waals surface area contributed by atoms with E-state index in [1.54, 1.807) is 20.8 Å². The van der Waals surface area contributed by atoms with Gasteiger partial charge in [0.25, 0.3) is 11.8 Å². The van der Waals surface area contributed by atoms with Crippen molar-refractivity contribution in [3.8, 4) is 0 Å². The Hall–Kier alpha value is -7.94. The lowest BCUT2D eigenvalue weighted by Crippen LogP contribution is -2.53. The van der Waals surface area contributed by atoms with E-state index in [-0.39, 0.29) is 65.1 Å². The molecular weight excluding hydrogens is 1100 g/mol. The third kappa shape index (κ3) is 12.5. The van der Waals surface area contributed by atoms with Crippen LogP contribution in [-0.2, 0) is 41.5 Å². The molecule has 12 rings (SSSR count). The van der Waals surface area contributed by atoms with Gasteiger partial charge in [0.2, 0.25) is 23.6 Å². The van der Waals surface area contributed by atoms with Gasteiger partial charge >= 0.3 is 12.2 Å². The van der Waals surface area contributed by atoms with Crippen LogP contribution in [0.5, 0.6) is 0 Å². The molecule has 81 heavy (non-hydrogen) atoms. The Morgan fingerprint density at radius 3 is 1.59 bits per heavy atom. The number of imide groups is 2. The molecule has 6 aromatic rings.